The van der Waals surface area contributed by atoms with Crippen LogP contribution in [0.2, 0.25) is 0 Å². The Morgan fingerprint density at radius 3 is 2.52 bits per heavy atom. The van der Waals surface area contributed by atoms with Crippen LogP contribution in [-0.4, -0.2) is 55.2 Å². The largest absolute Gasteiger partial charge is 0.497 e. The number of carbonyl (C=O) groups excluding carboxylic acids is 2. The summed E-state index contributed by atoms with van der Waals surface area (Å²) >= 11 is 0. The predicted octanol–water partition coefficient (Wildman–Crippen LogP) is 1.84. The van der Waals surface area contributed by atoms with E-state index in [2.05, 4.69) is 5.32 Å². The van der Waals surface area contributed by atoms with Crippen molar-refractivity contribution in [1.29, 1.82) is 0 Å². The summed E-state index contributed by atoms with van der Waals surface area (Å²) in [6, 6.07) is 13.2. The number of methoxy groups -OCH3 is 1. The van der Waals surface area contributed by atoms with Gasteiger partial charge in [-0.3, -0.25) is 9.59 Å². The van der Waals surface area contributed by atoms with Gasteiger partial charge in [-0.05, 0) is 42.0 Å². The zero-order chi connectivity index (χ0) is 19.4. The van der Waals surface area contributed by atoms with Crippen LogP contribution in [-0.2, 0) is 9.53 Å². The Balaban J connectivity index is 1.65. The number of aliphatic hydroxyl groups excluding tert-OH is 1. The van der Waals surface area contributed by atoms with E-state index in [0.29, 0.717) is 22.6 Å². The first kappa shape index (κ1) is 18.9. The summed E-state index contributed by atoms with van der Waals surface area (Å²) in [5, 5.41) is 13.4. The van der Waals surface area contributed by atoms with Crippen molar-refractivity contribution in [1.82, 2.24) is 4.90 Å². The van der Waals surface area contributed by atoms with E-state index in [1.54, 1.807) is 62.7 Å². The summed E-state index contributed by atoms with van der Waals surface area (Å²) in [5.41, 5.74) is 1.77. The molecule has 2 N–H and O–H groups in total. The Morgan fingerprint density at radius 2 is 1.89 bits per heavy atom. The van der Waals surface area contributed by atoms with E-state index >= 15 is 0 Å². The number of morpholine rings is 1. The fourth-order valence-electron chi connectivity index (χ4n) is 2.90. The van der Waals surface area contributed by atoms with Crippen LogP contribution in [0.15, 0.2) is 48.5 Å². The third kappa shape index (κ3) is 4.27. The van der Waals surface area contributed by atoms with Crippen molar-refractivity contribution in [2.45, 2.75) is 12.1 Å². The SMILES string of the molecule is COc1ccc(C(=O)Nc2ccc([C@@H](O)[C@H]3COCC(=O)N3C)cc2)cc1. The number of nitrogens with zero attached hydrogens (tertiary/aromatic N) is 1. The Labute approximate surface area is 157 Å². The number of hydrogen-bond acceptors (Lipinski definition) is 5. The van der Waals surface area contributed by atoms with Gasteiger partial charge >= 0.3 is 0 Å². The van der Waals surface area contributed by atoms with Crippen molar-refractivity contribution >= 4 is 17.5 Å². The summed E-state index contributed by atoms with van der Waals surface area (Å²) in [6.07, 6.45) is -0.870. The van der Waals surface area contributed by atoms with Crippen LogP contribution in [0, 0.1) is 0 Å². The Morgan fingerprint density at radius 1 is 1.22 bits per heavy atom. The van der Waals surface area contributed by atoms with Gasteiger partial charge in [-0.15, -0.1) is 0 Å². The molecule has 142 valence electrons. The first-order valence-corrected chi connectivity index (χ1v) is 8.56. The number of aliphatic hydroxyl groups is 1. The van der Waals surface area contributed by atoms with E-state index in [-0.39, 0.29) is 25.0 Å². The molecule has 1 aliphatic rings. The van der Waals surface area contributed by atoms with Crippen molar-refractivity contribution in [3.63, 3.8) is 0 Å². The minimum absolute atomic E-state index is 0.0377. The highest BCUT2D eigenvalue weighted by molar-refractivity contribution is 6.04. The molecule has 0 radical (unpaired) electrons. The van der Waals surface area contributed by atoms with E-state index in [9.17, 15) is 14.7 Å². The molecule has 0 unspecified atom stereocenters. The number of hydrogen-bond donors (Lipinski definition) is 2. The molecule has 7 heteroatoms. The summed E-state index contributed by atoms with van der Waals surface area (Å²) in [5.74, 6) is 0.283. The van der Waals surface area contributed by atoms with E-state index in [1.165, 1.54) is 4.90 Å². The average Bonchev–Trinajstić information content (AvgIpc) is 2.70. The van der Waals surface area contributed by atoms with Crippen molar-refractivity contribution in [2.75, 3.05) is 32.7 Å². The molecule has 0 spiro atoms. The number of benzene rings is 2. The smallest absolute Gasteiger partial charge is 0.255 e. The topological polar surface area (TPSA) is 88.1 Å². The number of amides is 2. The Kier molecular flexibility index (Phi) is 5.73. The highest BCUT2D eigenvalue weighted by Crippen LogP contribution is 2.24. The lowest BCUT2D eigenvalue weighted by Crippen LogP contribution is -2.49. The maximum atomic E-state index is 12.3. The molecule has 1 aliphatic heterocycles. The molecule has 2 atom stereocenters. The molecule has 0 aromatic heterocycles. The molecule has 2 aromatic rings. The fraction of sp³-hybridized carbons (Fsp3) is 0.300. The standard InChI is InChI=1S/C20H22N2O5/c1-22-17(11-27-12-18(22)23)19(24)13-3-7-15(8-4-13)21-20(25)14-5-9-16(26-2)10-6-14/h3-10,17,19,24H,11-12H2,1-2H3,(H,21,25)/t17-,19-/m1/s1. The molecule has 27 heavy (non-hydrogen) atoms. The zero-order valence-electron chi connectivity index (χ0n) is 15.2. The monoisotopic (exact) mass is 370 g/mol. The van der Waals surface area contributed by atoms with Crippen LogP contribution in [0.25, 0.3) is 0 Å². The first-order chi connectivity index (χ1) is 13.0. The minimum atomic E-state index is -0.870. The van der Waals surface area contributed by atoms with Crippen LogP contribution in [0.5, 0.6) is 5.75 Å². The van der Waals surface area contributed by atoms with E-state index in [1.807, 2.05) is 0 Å². The highest BCUT2D eigenvalue weighted by Gasteiger charge is 2.32. The number of ether oxygens (including phenoxy) is 2. The lowest BCUT2D eigenvalue weighted by Gasteiger charge is -2.35. The lowest BCUT2D eigenvalue weighted by molar-refractivity contribution is -0.151. The van der Waals surface area contributed by atoms with Crippen LogP contribution in [0.1, 0.15) is 22.0 Å². The number of nitrogens with one attached hydrogen (secondary N) is 1. The van der Waals surface area contributed by atoms with Gasteiger partial charge in [0.15, 0.2) is 0 Å². The third-order valence-electron chi connectivity index (χ3n) is 4.63. The fourth-order valence-corrected chi connectivity index (χ4v) is 2.90. The zero-order valence-corrected chi connectivity index (χ0v) is 15.2. The van der Waals surface area contributed by atoms with Gasteiger partial charge < -0.3 is 24.8 Å². The van der Waals surface area contributed by atoms with Crippen molar-refractivity contribution in [2.24, 2.45) is 0 Å². The van der Waals surface area contributed by atoms with Gasteiger partial charge in [-0.2, -0.15) is 0 Å². The van der Waals surface area contributed by atoms with Crippen LogP contribution < -0.4 is 10.1 Å². The molecule has 2 amide bonds. The maximum absolute atomic E-state index is 12.3. The highest BCUT2D eigenvalue weighted by atomic mass is 16.5. The molecule has 7 nitrogen and oxygen atoms in total. The van der Waals surface area contributed by atoms with E-state index in [0.717, 1.165) is 0 Å². The number of rotatable bonds is 5. The molecule has 1 fully saturated rings. The lowest BCUT2D eigenvalue weighted by atomic mass is 10.0. The van der Waals surface area contributed by atoms with Crippen LogP contribution >= 0.6 is 0 Å². The molecule has 3 rings (SSSR count). The number of carbonyl (C=O) groups is 2. The van der Waals surface area contributed by atoms with Crippen molar-refractivity contribution < 1.29 is 24.2 Å². The second-order valence-electron chi connectivity index (χ2n) is 6.34. The maximum Gasteiger partial charge on any atom is 0.255 e. The number of anilines is 1. The van der Waals surface area contributed by atoms with Gasteiger partial charge in [0.05, 0.1) is 19.8 Å². The summed E-state index contributed by atoms with van der Waals surface area (Å²) in [7, 11) is 3.22. The van der Waals surface area contributed by atoms with Gasteiger partial charge in [-0.1, -0.05) is 12.1 Å². The van der Waals surface area contributed by atoms with Gasteiger partial charge in [0.2, 0.25) is 5.91 Å². The number of likely N-dealkylation sites (N-methyl/N-ethyl adjacent to an activating group) is 1. The molecular weight excluding hydrogens is 348 g/mol. The quantitative estimate of drug-likeness (QED) is 0.839. The summed E-state index contributed by atoms with van der Waals surface area (Å²) in [4.78, 5) is 25.5. The van der Waals surface area contributed by atoms with Gasteiger partial charge in [-0.25, -0.2) is 0 Å². The molecular formula is C20H22N2O5. The van der Waals surface area contributed by atoms with Gasteiger partial charge in [0.1, 0.15) is 18.5 Å². The minimum Gasteiger partial charge on any atom is -0.497 e. The first-order valence-electron chi connectivity index (χ1n) is 8.56. The Hall–Kier alpha value is -2.90. The van der Waals surface area contributed by atoms with E-state index < -0.39 is 12.1 Å². The predicted molar refractivity (Wildman–Crippen MR) is 99.7 cm³/mol. The molecule has 1 saturated heterocycles. The van der Waals surface area contributed by atoms with Crippen LogP contribution in [0.3, 0.4) is 0 Å². The molecule has 0 bridgehead atoms. The van der Waals surface area contributed by atoms with Gasteiger partial charge in [0.25, 0.3) is 5.91 Å². The summed E-state index contributed by atoms with van der Waals surface area (Å²) < 4.78 is 10.3. The molecule has 2 aromatic carbocycles. The molecule has 0 aliphatic carbocycles. The van der Waals surface area contributed by atoms with E-state index in [4.69, 9.17) is 9.47 Å². The van der Waals surface area contributed by atoms with Crippen LogP contribution in [0.4, 0.5) is 5.69 Å². The normalized spacial score (nSPS) is 18.1. The van der Waals surface area contributed by atoms with Gasteiger partial charge in [0, 0.05) is 18.3 Å². The molecule has 1 heterocycles. The average molecular weight is 370 g/mol. The summed E-state index contributed by atoms with van der Waals surface area (Å²) in [6.45, 7) is 0.315. The molecule has 0 saturated carbocycles. The van der Waals surface area contributed by atoms with Crippen molar-refractivity contribution in [3.8, 4) is 5.75 Å². The van der Waals surface area contributed by atoms with Crippen molar-refractivity contribution in [3.05, 3.63) is 59.7 Å². The Bertz CT molecular complexity index is 804. The third-order valence-corrected chi connectivity index (χ3v) is 4.63. The second kappa shape index (κ2) is 8.20. The second-order valence-corrected chi connectivity index (χ2v) is 6.34.